The van der Waals surface area contributed by atoms with Crippen molar-refractivity contribution in [2.24, 2.45) is 69.0 Å². The van der Waals surface area contributed by atoms with Gasteiger partial charge in [-0.3, -0.25) is 9.59 Å². The van der Waals surface area contributed by atoms with Crippen LogP contribution in [0.4, 0.5) is 5.69 Å². The number of ether oxygens (including phenoxy) is 1. The molecule has 0 unspecified atom stereocenters. The normalized spacial score (nSPS) is 47.2. The van der Waals surface area contributed by atoms with Crippen molar-refractivity contribution in [3.8, 4) is 5.75 Å². The van der Waals surface area contributed by atoms with E-state index in [9.17, 15) is 15.3 Å². The lowest BCUT2D eigenvalue weighted by Gasteiger charge is -2.72. The third-order valence-corrected chi connectivity index (χ3v) is 23.9. The smallest absolute Gasteiger partial charge is 0.160 e. The second-order valence-corrected chi connectivity index (χ2v) is 27.7. The van der Waals surface area contributed by atoms with E-state index in [4.69, 9.17) is 10.5 Å². The standard InChI is InChI=1S/C63H89N3O6/c1-58(71)24-7-8-25-59(2)55-48(66-35-58)32-63-26-12-16-37-13-9-14-38-20-21-44(54(69)57-62(5,72-57)46-19-11-18-43(46)39-15-10-17-41(64)29-39)52(51(37)38)53-47(61(63,4)33-49(53)68)22-23-50(63)60(55,3)31-45(56(59)70)40-27-36(34-65-6)28-42(67)30-40/h10,15,17,27-30,37-38,43-46,48,50-52,54-55,57,65-67,69,71H,7-9,11-14,16,18-26,31-35,64H2,1-6H3/t37-,38-,43-,44-,45+,46+,48+,50-,51-,52+,54-,55+,57-,58+,59-,60+,61+,62-,63+/m1/s1. The molecular weight excluding hydrogens is 895 g/mol. The van der Waals surface area contributed by atoms with E-state index in [1.54, 1.807) is 0 Å². The molecule has 2 aromatic rings. The Balaban J connectivity index is 0.966. The zero-order valence-electron chi connectivity index (χ0n) is 44.7. The number of nitrogens with two attached hydrogens (primary N) is 1. The molecule has 8 fully saturated rings. The first-order valence-corrected chi connectivity index (χ1v) is 29.3. The zero-order valence-corrected chi connectivity index (χ0v) is 44.7. The van der Waals surface area contributed by atoms with Gasteiger partial charge in [-0.15, -0.1) is 0 Å². The molecule has 2 aliphatic heterocycles. The topological polar surface area (TPSA) is 157 Å². The number of benzene rings is 2. The summed E-state index contributed by atoms with van der Waals surface area (Å²) < 4.78 is 6.92. The van der Waals surface area contributed by atoms with Crippen LogP contribution in [-0.2, 0) is 20.9 Å². The number of phenolic OH excluding ortho intramolecular Hbond substituents is 1. The van der Waals surface area contributed by atoms with Gasteiger partial charge < -0.3 is 36.4 Å². The summed E-state index contributed by atoms with van der Waals surface area (Å²) in [6, 6.07) is 14.3. The Bertz CT molecular complexity index is 2500. The molecule has 2 aromatic carbocycles. The van der Waals surface area contributed by atoms with Gasteiger partial charge in [0.05, 0.1) is 17.3 Å². The molecule has 0 radical (unpaired) electrons. The van der Waals surface area contributed by atoms with Crippen molar-refractivity contribution in [3.05, 3.63) is 70.3 Å². The molecule has 8 aliphatic carbocycles. The van der Waals surface area contributed by atoms with E-state index >= 15 is 9.59 Å². The highest BCUT2D eigenvalue weighted by Gasteiger charge is 2.74. The van der Waals surface area contributed by atoms with Crippen LogP contribution in [0.15, 0.2) is 53.6 Å². The number of carbonyl (C=O) groups excluding carboxylic acids is 2. The number of Topliss-reactive ketones (excluding diaryl/α,β-unsaturated/α-hetero) is 2. The van der Waals surface area contributed by atoms with Crippen molar-refractivity contribution in [3.63, 3.8) is 0 Å². The van der Waals surface area contributed by atoms with Crippen molar-refractivity contribution in [2.75, 3.05) is 19.3 Å². The lowest BCUT2D eigenvalue weighted by Crippen LogP contribution is -2.71. The first-order valence-electron chi connectivity index (χ1n) is 29.3. The Morgan fingerprint density at radius 2 is 1.61 bits per heavy atom. The van der Waals surface area contributed by atoms with E-state index in [-0.39, 0.29) is 63.7 Å². The van der Waals surface area contributed by atoms with Crippen LogP contribution >= 0.6 is 0 Å². The van der Waals surface area contributed by atoms with Gasteiger partial charge in [0.1, 0.15) is 17.6 Å². The number of nitrogen functional groups attached to an aromatic ring is 1. The molecule has 392 valence electrons. The van der Waals surface area contributed by atoms with Crippen molar-refractivity contribution < 1.29 is 29.6 Å². The number of aromatic hydroxyl groups is 1. The Hall–Kier alpha value is -3.08. The molecule has 6 saturated carbocycles. The lowest BCUT2D eigenvalue weighted by molar-refractivity contribution is -0.207. The summed E-state index contributed by atoms with van der Waals surface area (Å²) in [5.41, 5.74) is 10.2. The van der Waals surface area contributed by atoms with Crippen molar-refractivity contribution in [2.45, 2.75) is 211 Å². The summed E-state index contributed by atoms with van der Waals surface area (Å²) in [5, 5.41) is 43.7. The first-order chi connectivity index (χ1) is 34.4. The van der Waals surface area contributed by atoms with E-state index in [0.717, 1.165) is 112 Å². The predicted molar refractivity (Wildman–Crippen MR) is 283 cm³/mol. The number of hydrogen-bond acceptors (Lipinski definition) is 9. The van der Waals surface area contributed by atoms with Crippen molar-refractivity contribution in [1.29, 1.82) is 0 Å². The van der Waals surface area contributed by atoms with Gasteiger partial charge in [0.2, 0.25) is 0 Å². The fraction of sp³-hybridized carbons (Fsp3) is 0.746. The minimum atomic E-state index is -0.863. The Morgan fingerprint density at radius 3 is 2.40 bits per heavy atom. The molecule has 0 amide bonds. The Kier molecular flexibility index (Phi) is 12.3. The average molecular weight is 984 g/mol. The molecule has 7 N–H and O–H groups in total. The number of fused-ring (bicyclic) bond motifs is 2. The summed E-state index contributed by atoms with van der Waals surface area (Å²) in [6.45, 7) is 12.8. The Labute approximate surface area is 431 Å². The SMILES string of the molecule is CNCc1cc(O)cc([C@@H]2C[C@@]3(C)[C@H]4CCC5=C6C(=O)C[C@]5(C)[C@@]4(CCC[C@H]4CCC[C@@H]5CC[C@@H]([C@@H](O)[C@H]7O[C@]7(C)[C@H]7CCC[C@@H]7c7cccc(N)c7)[C@H]6[C@H]45)C[C@@H]4NC[C@@](C)(O)CCCC[C@@](C)(C2=O)[C@H]43)c1. The van der Waals surface area contributed by atoms with Crippen LogP contribution in [0.5, 0.6) is 5.75 Å². The second kappa shape index (κ2) is 17.7. The summed E-state index contributed by atoms with van der Waals surface area (Å²) in [7, 11) is 1.93. The van der Waals surface area contributed by atoms with Gasteiger partial charge >= 0.3 is 0 Å². The number of hydrogen-bond donors (Lipinski definition) is 6. The van der Waals surface area contributed by atoms with Crippen LogP contribution in [0.3, 0.4) is 0 Å². The molecule has 72 heavy (non-hydrogen) atoms. The van der Waals surface area contributed by atoms with E-state index in [0.29, 0.717) is 73.5 Å². The molecular formula is C63H89N3O6. The number of aliphatic hydroxyl groups is 2. The van der Waals surface area contributed by atoms with Crippen molar-refractivity contribution >= 4 is 17.3 Å². The van der Waals surface area contributed by atoms with Crippen LogP contribution in [0.2, 0.25) is 0 Å². The fourth-order valence-electron chi connectivity index (χ4n) is 21.2. The first kappa shape index (κ1) is 49.8. The van der Waals surface area contributed by atoms with E-state index in [1.807, 2.05) is 32.2 Å². The number of nitrogens with one attached hydrogen (secondary N) is 2. The van der Waals surface area contributed by atoms with Gasteiger partial charge in [-0.05, 0) is 202 Å². The quantitative estimate of drug-likeness (QED) is 0.117. The van der Waals surface area contributed by atoms with Crippen LogP contribution in [0.1, 0.15) is 192 Å². The average Bonchev–Trinajstić information content (AvgIpc) is 3.63. The number of carbonyl (C=O) groups is 2. The maximum Gasteiger partial charge on any atom is 0.160 e. The number of β-amino-alcohol motifs (C(OH)–C–C–N with tert-alkyl or cyclic N) is 1. The van der Waals surface area contributed by atoms with Crippen LogP contribution in [0.25, 0.3) is 0 Å². The lowest BCUT2D eigenvalue weighted by atomic mass is 9.32. The molecule has 12 rings (SSSR count). The molecule has 10 aliphatic rings. The minimum absolute atomic E-state index is 0.0134. The molecule has 2 saturated heterocycles. The highest BCUT2D eigenvalue weighted by molar-refractivity contribution is 6.01. The second-order valence-electron chi connectivity index (χ2n) is 27.7. The third kappa shape index (κ3) is 7.50. The Morgan fingerprint density at radius 1 is 0.847 bits per heavy atom. The largest absolute Gasteiger partial charge is 0.508 e. The van der Waals surface area contributed by atoms with Crippen LogP contribution in [0, 0.1) is 69.0 Å². The number of anilines is 1. The summed E-state index contributed by atoms with van der Waals surface area (Å²) in [6.07, 6.45) is 18.8. The number of epoxide rings is 1. The van der Waals surface area contributed by atoms with Gasteiger partial charge in [-0.2, -0.15) is 0 Å². The number of phenols is 1. The molecule has 0 aromatic heterocycles. The van der Waals surface area contributed by atoms with E-state index < -0.39 is 22.7 Å². The van der Waals surface area contributed by atoms with Gasteiger partial charge in [-0.1, -0.05) is 95.9 Å². The molecule has 4 bridgehead atoms. The highest BCUT2D eigenvalue weighted by Crippen LogP contribution is 2.78. The minimum Gasteiger partial charge on any atom is -0.508 e. The molecule has 9 nitrogen and oxygen atoms in total. The predicted octanol–water partition coefficient (Wildman–Crippen LogP) is 11.1. The third-order valence-electron chi connectivity index (χ3n) is 23.9. The zero-order chi connectivity index (χ0) is 50.3. The number of aliphatic hydroxyl groups excluding tert-OH is 1. The van der Waals surface area contributed by atoms with Crippen molar-refractivity contribution in [1.82, 2.24) is 10.6 Å². The van der Waals surface area contributed by atoms with Gasteiger partial charge in [-0.25, -0.2) is 0 Å². The fourth-order valence-corrected chi connectivity index (χ4v) is 21.2. The number of allylic oxidation sites excluding steroid dienone is 2. The van der Waals surface area contributed by atoms with Gasteiger partial charge in [0, 0.05) is 48.0 Å². The molecule has 2 heterocycles. The summed E-state index contributed by atoms with van der Waals surface area (Å²) in [5.74, 6) is 3.05. The van der Waals surface area contributed by atoms with Crippen LogP contribution < -0.4 is 16.4 Å². The molecule has 19 atom stereocenters. The molecule has 9 heteroatoms. The summed E-state index contributed by atoms with van der Waals surface area (Å²) in [4.78, 5) is 31.6. The van der Waals surface area contributed by atoms with E-state index in [2.05, 4.69) is 62.6 Å². The maximum atomic E-state index is 15.9. The van der Waals surface area contributed by atoms with E-state index in [1.165, 1.54) is 30.4 Å². The number of ketones is 2. The number of rotatable bonds is 7. The highest BCUT2D eigenvalue weighted by atomic mass is 16.6. The van der Waals surface area contributed by atoms with Crippen LogP contribution in [-0.4, -0.2) is 69.9 Å². The van der Waals surface area contributed by atoms with Gasteiger partial charge in [0.15, 0.2) is 5.78 Å². The van der Waals surface area contributed by atoms with Gasteiger partial charge in [0.25, 0.3) is 0 Å². The maximum absolute atomic E-state index is 15.9. The summed E-state index contributed by atoms with van der Waals surface area (Å²) >= 11 is 0. The molecule has 1 spiro atoms. The monoisotopic (exact) mass is 984 g/mol.